The standard InChI is InChI=1S/C26H20F2O3/c1-15-10-23(28)21(13-22(15)27)14-31-24-5-3-4-19-12-20(26(30)25(19)24)11-17-6-8-18(9-7-17)16(2)29/h3-11,13,29H,2,12,14H2,1H3/b20-11+. The highest BCUT2D eigenvalue weighted by Gasteiger charge is 2.28. The molecular weight excluding hydrogens is 398 g/mol. The summed E-state index contributed by atoms with van der Waals surface area (Å²) in [5, 5.41) is 9.45. The molecule has 0 aromatic heterocycles. The maximum atomic E-state index is 14.1. The summed E-state index contributed by atoms with van der Waals surface area (Å²) < 4.78 is 33.6. The van der Waals surface area contributed by atoms with Crippen molar-refractivity contribution in [2.45, 2.75) is 20.0 Å². The molecular formula is C26H20F2O3. The Morgan fingerprint density at radius 1 is 1.13 bits per heavy atom. The number of benzene rings is 3. The van der Waals surface area contributed by atoms with Crippen molar-refractivity contribution in [1.29, 1.82) is 0 Å². The molecule has 3 aromatic carbocycles. The molecule has 0 heterocycles. The van der Waals surface area contributed by atoms with Crippen molar-refractivity contribution < 1.29 is 23.4 Å². The molecule has 0 fully saturated rings. The second-order valence-corrected chi connectivity index (χ2v) is 7.52. The largest absolute Gasteiger partial charge is 0.508 e. The lowest BCUT2D eigenvalue weighted by atomic mass is 10.1. The van der Waals surface area contributed by atoms with E-state index in [0.717, 1.165) is 23.3 Å². The van der Waals surface area contributed by atoms with Crippen LogP contribution in [0.1, 0.15) is 38.2 Å². The minimum atomic E-state index is -0.549. The van der Waals surface area contributed by atoms with Crippen LogP contribution in [-0.2, 0) is 13.0 Å². The topological polar surface area (TPSA) is 46.5 Å². The van der Waals surface area contributed by atoms with Gasteiger partial charge in [-0.25, -0.2) is 8.78 Å². The zero-order valence-electron chi connectivity index (χ0n) is 16.9. The Hall–Kier alpha value is -3.73. The number of Topliss-reactive ketones (excluding diaryl/α,β-unsaturated/α-hetero) is 1. The summed E-state index contributed by atoms with van der Waals surface area (Å²) in [6.07, 6.45) is 2.25. The lowest BCUT2D eigenvalue weighted by Gasteiger charge is -2.11. The van der Waals surface area contributed by atoms with E-state index in [9.17, 15) is 18.7 Å². The smallest absolute Gasteiger partial charge is 0.193 e. The summed E-state index contributed by atoms with van der Waals surface area (Å²) in [5.41, 5.74) is 3.62. The molecule has 156 valence electrons. The molecule has 5 heteroatoms. The molecule has 3 aromatic rings. The number of carbonyl (C=O) groups excluding carboxylic acids is 1. The molecule has 1 aliphatic rings. The van der Waals surface area contributed by atoms with Crippen molar-refractivity contribution in [2.24, 2.45) is 0 Å². The van der Waals surface area contributed by atoms with E-state index >= 15 is 0 Å². The fourth-order valence-electron chi connectivity index (χ4n) is 3.59. The van der Waals surface area contributed by atoms with E-state index in [1.165, 1.54) is 6.92 Å². The Labute approximate surface area is 178 Å². The van der Waals surface area contributed by atoms with Crippen molar-refractivity contribution in [3.8, 4) is 5.75 Å². The summed E-state index contributed by atoms with van der Waals surface area (Å²) in [6.45, 7) is 4.80. The third-order valence-electron chi connectivity index (χ3n) is 5.31. The van der Waals surface area contributed by atoms with Crippen LogP contribution in [0, 0.1) is 18.6 Å². The second-order valence-electron chi connectivity index (χ2n) is 7.52. The van der Waals surface area contributed by atoms with Gasteiger partial charge in [0.05, 0.1) is 5.56 Å². The molecule has 0 amide bonds. The number of carbonyl (C=O) groups is 1. The van der Waals surface area contributed by atoms with Gasteiger partial charge in [0.1, 0.15) is 29.8 Å². The number of hydrogen-bond acceptors (Lipinski definition) is 3. The quantitative estimate of drug-likeness (QED) is 0.396. The molecule has 0 bridgehead atoms. The molecule has 0 saturated carbocycles. The van der Waals surface area contributed by atoms with Gasteiger partial charge in [-0.05, 0) is 47.9 Å². The van der Waals surface area contributed by atoms with Crippen LogP contribution < -0.4 is 4.74 Å². The van der Waals surface area contributed by atoms with Crippen LogP contribution in [0.25, 0.3) is 11.8 Å². The molecule has 0 atom stereocenters. The van der Waals surface area contributed by atoms with Gasteiger partial charge in [-0.1, -0.05) is 43.0 Å². The van der Waals surface area contributed by atoms with E-state index in [0.29, 0.717) is 28.9 Å². The Balaban J connectivity index is 1.57. The van der Waals surface area contributed by atoms with Gasteiger partial charge < -0.3 is 9.84 Å². The molecule has 1 N–H and O–H groups in total. The van der Waals surface area contributed by atoms with Gasteiger partial charge in [-0.3, -0.25) is 4.79 Å². The number of ketones is 1. The second kappa shape index (κ2) is 8.19. The first kappa shape index (κ1) is 20.5. The van der Waals surface area contributed by atoms with E-state index < -0.39 is 11.6 Å². The van der Waals surface area contributed by atoms with Crippen LogP contribution in [0.15, 0.2) is 66.7 Å². The van der Waals surface area contributed by atoms with Crippen molar-refractivity contribution in [3.63, 3.8) is 0 Å². The Morgan fingerprint density at radius 3 is 2.58 bits per heavy atom. The number of hydrogen-bond donors (Lipinski definition) is 1. The Bertz CT molecular complexity index is 1220. The fourth-order valence-corrected chi connectivity index (χ4v) is 3.59. The van der Waals surface area contributed by atoms with Crippen LogP contribution >= 0.6 is 0 Å². The zero-order chi connectivity index (χ0) is 22.1. The third kappa shape index (κ3) is 4.12. The first-order valence-electron chi connectivity index (χ1n) is 9.76. The van der Waals surface area contributed by atoms with Gasteiger partial charge in [0.15, 0.2) is 5.78 Å². The Kier molecular flexibility index (Phi) is 5.42. The number of aliphatic hydroxyl groups excluding tert-OH is 1. The number of rotatable bonds is 5. The molecule has 0 aliphatic heterocycles. The minimum absolute atomic E-state index is 0.0183. The molecule has 3 nitrogen and oxygen atoms in total. The van der Waals surface area contributed by atoms with Crippen molar-refractivity contribution in [1.82, 2.24) is 0 Å². The van der Waals surface area contributed by atoms with Crippen LogP contribution in [0.4, 0.5) is 8.78 Å². The van der Waals surface area contributed by atoms with Gasteiger partial charge in [-0.2, -0.15) is 0 Å². The van der Waals surface area contributed by atoms with Gasteiger partial charge in [-0.15, -0.1) is 0 Å². The highest BCUT2D eigenvalue weighted by Crippen LogP contribution is 2.35. The first-order chi connectivity index (χ1) is 14.8. The third-order valence-corrected chi connectivity index (χ3v) is 5.31. The average molecular weight is 418 g/mol. The molecule has 31 heavy (non-hydrogen) atoms. The zero-order valence-corrected chi connectivity index (χ0v) is 16.9. The van der Waals surface area contributed by atoms with E-state index in [-0.39, 0.29) is 29.3 Å². The van der Waals surface area contributed by atoms with Crippen molar-refractivity contribution in [2.75, 3.05) is 0 Å². The fraction of sp³-hybridized carbons (Fsp3) is 0.115. The highest BCUT2D eigenvalue weighted by molar-refractivity contribution is 6.17. The van der Waals surface area contributed by atoms with Gasteiger partial charge in [0.2, 0.25) is 0 Å². The highest BCUT2D eigenvalue weighted by atomic mass is 19.1. The normalized spacial score (nSPS) is 14.0. The van der Waals surface area contributed by atoms with Crippen LogP contribution in [0.2, 0.25) is 0 Å². The number of halogens is 2. The summed E-state index contributed by atoms with van der Waals surface area (Å²) in [7, 11) is 0. The number of aliphatic hydroxyl groups is 1. The average Bonchev–Trinajstić information content (AvgIpc) is 3.06. The van der Waals surface area contributed by atoms with E-state index in [1.807, 2.05) is 6.07 Å². The summed E-state index contributed by atoms with van der Waals surface area (Å²) in [4.78, 5) is 13.0. The molecule has 4 rings (SSSR count). The van der Waals surface area contributed by atoms with E-state index in [4.69, 9.17) is 4.74 Å². The SMILES string of the molecule is C=C(O)c1ccc(/C=C2\Cc3cccc(OCc4cc(F)c(C)cc4F)c3C2=O)cc1. The van der Waals surface area contributed by atoms with Crippen LogP contribution in [0.3, 0.4) is 0 Å². The van der Waals surface area contributed by atoms with Crippen LogP contribution in [0.5, 0.6) is 5.75 Å². The van der Waals surface area contributed by atoms with Crippen molar-refractivity contribution >= 4 is 17.6 Å². The number of fused-ring (bicyclic) bond motifs is 1. The minimum Gasteiger partial charge on any atom is -0.508 e. The lowest BCUT2D eigenvalue weighted by Crippen LogP contribution is -2.04. The first-order valence-corrected chi connectivity index (χ1v) is 9.76. The number of ether oxygens (including phenoxy) is 1. The van der Waals surface area contributed by atoms with Crippen molar-refractivity contribution in [3.05, 3.63) is 112 Å². The maximum Gasteiger partial charge on any atom is 0.193 e. The van der Waals surface area contributed by atoms with E-state index in [2.05, 4.69) is 6.58 Å². The Morgan fingerprint density at radius 2 is 1.87 bits per heavy atom. The lowest BCUT2D eigenvalue weighted by molar-refractivity contribution is 0.103. The van der Waals surface area contributed by atoms with Crippen LogP contribution in [-0.4, -0.2) is 10.9 Å². The summed E-state index contributed by atoms with van der Waals surface area (Å²) in [6, 6.07) is 14.6. The molecule has 1 aliphatic carbocycles. The predicted molar refractivity (Wildman–Crippen MR) is 116 cm³/mol. The summed E-state index contributed by atoms with van der Waals surface area (Å²) >= 11 is 0. The molecule has 0 radical (unpaired) electrons. The molecule has 0 spiro atoms. The van der Waals surface area contributed by atoms with Gasteiger partial charge >= 0.3 is 0 Å². The number of allylic oxidation sites excluding steroid dienone is 1. The van der Waals surface area contributed by atoms with Gasteiger partial charge in [0.25, 0.3) is 0 Å². The maximum absolute atomic E-state index is 14.1. The van der Waals surface area contributed by atoms with Gasteiger partial charge in [0, 0.05) is 23.1 Å². The monoisotopic (exact) mass is 418 g/mol. The molecule has 0 unspecified atom stereocenters. The molecule has 0 saturated heterocycles. The predicted octanol–water partition coefficient (Wildman–Crippen LogP) is 6.20. The van der Waals surface area contributed by atoms with E-state index in [1.54, 1.807) is 42.5 Å². The summed E-state index contributed by atoms with van der Waals surface area (Å²) in [5.74, 6) is -0.881. The number of aryl methyl sites for hydroxylation is 1.